The molecule has 2 aliphatic rings. The number of alkyl halides is 1. The molecule has 2 rings (SSSR count). The molecule has 0 amide bonds. The molecule has 90 valence electrons. The maximum atomic E-state index is 11.4. The molecule has 4 nitrogen and oxygen atoms in total. The van der Waals surface area contributed by atoms with Gasteiger partial charge in [-0.1, -0.05) is 37.9 Å². The second-order valence-corrected chi connectivity index (χ2v) is 5.61. The number of hydrogen-bond acceptors (Lipinski definition) is 4. The molecule has 0 spiro atoms. The molecule has 0 radical (unpaired) electrons. The molecule has 0 bridgehead atoms. The van der Waals surface area contributed by atoms with Crippen LogP contribution in [0, 0.1) is 0 Å². The van der Waals surface area contributed by atoms with Gasteiger partial charge in [0.05, 0.1) is 10.9 Å². The van der Waals surface area contributed by atoms with Crippen molar-refractivity contribution >= 4 is 43.7 Å². The van der Waals surface area contributed by atoms with Crippen LogP contribution >= 0.6 is 31.9 Å². The van der Waals surface area contributed by atoms with Gasteiger partial charge in [-0.3, -0.25) is 0 Å². The van der Waals surface area contributed by atoms with Crippen LogP contribution in [0.1, 0.15) is 6.92 Å². The van der Waals surface area contributed by atoms with E-state index in [2.05, 4.69) is 36.9 Å². The molecular weight excluding hydrogens is 354 g/mol. The van der Waals surface area contributed by atoms with Crippen LogP contribution in [-0.4, -0.2) is 27.9 Å². The summed E-state index contributed by atoms with van der Waals surface area (Å²) in [5, 5.41) is 9.94. The number of aliphatic imine (C=N–C) groups is 1. The number of aliphatic hydroxyl groups is 1. The van der Waals surface area contributed by atoms with Gasteiger partial charge in [-0.15, -0.1) is 0 Å². The van der Waals surface area contributed by atoms with Gasteiger partial charge < -0.3 is 9.84 Å². The van der Waals surface area contributed by atoms with Crippen LogP contribution in [0.15, 0.2) is 39.0 Å². The Labute approximate surface area is 115 Å². The van der Waals surface area contributed by atoms with Crippen LogP contribution in [-0.2, 0) is 9.53 Å². The van der Waals surface area contributed by atoms with Gasteiger partial charge in [0.25, 0.3) is 0 Å². The van der Waals surface area contributed by atoms with Gasteiger partial charge in [-0.05, 0) is 17.7 Å². The van der Waals surface area contributed by atoms with Gasteiger partial charge >= 0.3 is 5.97 Å². The van der Waals surface area contributed by atoms with Crippen molar-refractivity contribution in [1.82, 2.24) is 0 Å². The first-order valence-corrected chi connectivity index (χ1v) is 6.58. The number of carbonyl (C=O) groups is 1. The van der Waals surface area contributed by atoms with Crippen molar-refractivity contribution in [3.63, 3.8) is 0 Å². The average molecular weight is 363 g/mol. The summed E-state index contributed by atoms with van der Waals surface area (Å²) in [6.45, 7) is 1.60. The highest BCUT2D eigenvalue weighted by molar-refractivity contribution is 9.12. The third kappa shape index (κ3) is 2.75. The molecule has 0 unspecified atom stereocenters. The largest absolute Gasteiger partial charge is 0.407 e. The van der Waals surface area contributed by atoms with Gasteiger partial charge in [-0.25, -0.2) is 9.79 Å². The fraction of sp³-hybridized carbons (Fsp3) is 0.273. The zero-order valence-corrected chi connectivity index (χ0v) is 12.0. The topological polar surface area (TPSA) is 58.9 Å². The third-order valence-electron chi connectivity index (χ3n) is 2.30. The number of halogens is 2. The summed E-state index contributed by atoms with van der Waals surface area (Å²) < 4.78 is 5.64. The minimum atomic E-state index is -0.715. The summed E-state index contributed by atoms with van der Waals surface area (Å²) in [6.07, 6.45) is 4.39. The second kappa shape index (κ2) is 4.88. The Morgan fingerprint density at radius 3 is 2.88 bits per heavy atom. The first kappa shape index (κ1) is 12.7. The van der Waals surface area contributed by atoms with Crippen LogP contribution in [0.25, 0.3) is 0 Å². The number of nitrogens with zero attached hydrogens (tertiary/aromatic N) is 1. The Bertz CT molecular complexity index is 491. The van der Waals surface area contributed by atoms with Crippen molar-refractivity contribution in [2.75, 3.05) is 0 Å². The molecule has 1 heterocycles. The van der Waals surface area contributed by atoms with Gasteiger partial charge in [0, 0.05) is 11.4 Å². The molecule has 1 N–H and O–H groups in total. The number of rotatable bonds is 1. The van der Waals surface area contributed by atoms with Gasteiger partial charge in [0.1, 0.15) is 0 Å². The zero-order chi connectivity index (χ0) is 12.6. The highest BCUT2D eigenvalue weighted by Crippen LogP contribution is 2.28. The van der Waals surface area contributed by atoms with Crippen LogP contribution in [0.3, 0.4) is 0 Å². The van der Waals surface area contributed by atoms with Crippen LogP contribution in [0.2, 0.25) is 0 Å². The first-order chi connectivity index (χ1) is 7.97. The predicted octanol–water partition coefficient (Wildman–Crippen LogP) is 2.19. The molecule has 6 heteroatoms. The van der Waals surface area contributed by atoms with E-state index in [0.717, 1.165) is 4.48 Å². The predicted molar refractivity (Wildman–Crippen MR) is 71.1 cm³/mol. The summed E-state index contributed by atoms with van der Waals surface area (Å²) >= 11 is 6.67. The van der Waals surface area contributed by atoms with Gasteiger partial charge in [0.2, 0.25) is 0 Å². The lowest BCUT2D eigenvalue weighted by atomic mass is 10.0. The average Bonchev–Trinajstić information content (AvgIpc) is 2.53. The van der Waals surface area contributed by atoms with Crippen molar-refractivity contribution in [2.24, 2.45) is 4.99 Å². The van der Waals surface area contributed by atoms with E-state index in [-0.39, 0.29) is 10.5 Å². The van der Waals surface area contributed by atoms with E-state index in [1.807, 2.05) is 6.08 Å². The van der Waals surface area contributed by atoms with E-state index < -0.39 is 12.1 Å². The van der Waals surface area contributed by atoms with Gasteiger partial charge in [-0.2, -0.15) is 0 Å². The van der Waals surface area contributed by atoms with E-state index in [0.29, 0.717) is 11.5 Å². The monoisotopic (exact) mass is 361 g/mol. The highest BCUT2D eigenvalue weighted by atomic mass is 79.9. The Kier molecular flexibility index (Phi) is 3.65. The van der Waals surface area contributed by atoms with Gasteiger partial charge in [0.15, 0.2) is 11.6 Å². The first-order valence-electron chi connectivity index (χ1n) is 4.87. The fourth-order valence-corrected chi connectivity index (χ4v) is 3.01. The molecule has 17 heavy (non-hydrogen) atoms. The second-order valence-electron chi connectivity index (χ2n) is 3.64. The lowest BCUT2D eigenvalue weighted by molar-refractivity contribution is -0.130. The van der Waals surface area contributed by atoms with Crippen LogP contribution < -0.4 is 0 Å². The molecule has 0 saturated carbocycles. The normalized spacial score (nSPS) is 30.9. The molecule has 1 aliphatic heterocycles. The molecule has 0 aromatic carbocycles. The summed E-state index contributed by atoms with van der Waals surface area (Å²) in [4.78, 5) is 15.1. The quantitative estimate of drug-likeness (QED) is 0.442. The lowest BCUT2D eigenvalue weighted by Gasteiger charge is -2.20. The Balaban J connectivity index is 2.33. The highest BCUT2D eigenvalue weighted by Gasteiger charge is 2.25. The maximum absolute atomic E-state index is 11.4. The fourth-order valence-electron chi connectivity index (χ4n) is 1.52. The number of hydrogen-bond donors (Lipinski definition) is 1. The molecule has 0 aromatic rings. The molecule has 1 aliphatic carbocycles. The van der Waals surface area contributed by atoms with E-state index in [9.17, 15) is 9.90 Å². The molecule has 2 atom stereocenters. The van der Waals surface area contributed by atoms with Crippen LogP contribution in [0.4, 0.5) is 0 Å². The number of aliphatic hydroxyl groups excluding tert-OH is 1. The van der Waals surface area contributed by atoms with Crippen molar-refractivity contribution in [3.8, 4) is 0 Å². The summed E-state index contributed by atoms with van der Waals surface area (Å²) in [5.41, 5.74) is 0.807. The van der Waals surface area contributed by atoms with Crippen molar-refractivity contribution in [1.29, 1.82) is 0 Å². The number of esters is 1. The lowest BCUT2D eigenvalue weighted by Crippen LogP contribution is -2.23. The molecule has 0 fully saturated rings. The molecular formula is C11H9Br2NO3. The van der Waals surface area contributed by atoms with E-state index >= 15 is 0 Å². The Morgan fingerprint density at radius 1 is 1.59 bits per heavy atom. The number of cyclic esters (lactones) is 1. The smallest absolute Gasteiger partial charge is 0.363 e. The molecule has 0 aromatic heterocycles. The van der Waals surface area contributed by atoms with Crippen molar-refractivity contribution in [2.45, 2.75) is 17.9 Å². The van der Waals surface area contributed by atoms with Crippen molar-refractivity contribution < 1.29 is 14.6 Å². The zero-order valence-electron chi connectivity index (χ0n) is 8.85. The summed E-state index contributed by atoms with van der Waals surface area (Å²) in [7, 11) is 0. The summed E-state index contributed by atoms with van der Waals surface area (Å²) in [5.74, 6) is -0.176. The summed E-state index contributed by atoms with van der Waals surface area (Å²) in [6, 6.07) is 0. The third-order valence-corrected chi connectivity index (χ3v) is 3.56. The number of allylic oxidation sites excluding steroid dienone is 2. The standard InChI is InChI=1S/C11H9Br2NO3/c1-5-14-9(11(16)17-5)3-6-2-7(12)4-8(13)10(6)15/h2-4,8,10,15H,1H3/b9-3+/t8-,10+/m0/s1. The Morgan fingerprint density at radius 2 is 2.29 bits per heavy atom. The van der Waals surface area contributed by atoms with Crippen molar-refractivity contribution in [3.05, 3.63) is 34.0 Å². The number of ether oxygens (including phenoxy) is 1. The minimum absolute atomic E-state index is 0.198. The minimum Gasteiger partial charge on any atom is -0.407 e. The van der Waals surface area contributed by atoms with Crippen LogP contribution in [0.5, 0.6) is 0 Å². The van der Waals surface area contributed by atoms with E-state index in [1.54, 1.807) is 13.0 Å². The van der Waals surface area contributed by atoms with E-state index in [1.165, 1.54) is 6.08 Å². The van der Waals surface area contributed by atoms with E-state index in [4.69, 9.17) is 4.74 Å². The number of carbonyl (C=O) groups excluding carboxylic acids is 1. The SMILES string of the molecule is CC1=N/C(=C/C2=CC(Br)=C[C@H](Br)[C@@H]2O)C(=O)O1. The molecule has 0 saturated heterocycles. The maximum Gasteiger partial charge on any atom is 0.363 e. The Hall–Kier alpha value is -0.720.